The van der Waals surface area contributed by atoms with Gasteiger partial charge in [-0.15, -0.1) is 0 Å². The summed E-state index contributed by atoms with van der Waals surface area (Å²) >= 11 is 0. The van der Waals surface area contributed by atoms with Crippen molar-refractivity contribution in [3.8, 4) is 0 Å². The molecule has 0 saturated carbocycles. The van der Waals surface area contributed by atoms with Crippen LogP contribution in [0.25, 0.3) is 0 Å². The van der Waals surface area contributed by atoms with Gasteiger partial charge in [0.05, 0.1) is 0 Å². The number of hydrogen-bond acceptors (Lipinski definition) is 1. The smallest absolute Gasteiger partial charge is 0.129 e. The van der Waals surface area contributed by atoms with Gasteiger partial charge in [0.15, 0.2) is 0 Å². The van der Waals surface area contributed by atoms with Crippen LogP contribution < -0.4 is 5.32 Å². The molecule has 0 unspecified atom stereocenters. The third-order valence-electron chi connectivity index (χ3n) is 1.68. The lowest BCUT2D eigenvalue weighted by atomic mass is 10.5. The summed E-state index contributed by atoms with van der Waals surface area (Å²) in [7, 11) is 0. The molecule has 10 heavy (non-hydrogen) atoms. The van der Waals surface area contributed by atoms with Crippen molar-refractivity contribution < 1.29 is 0 Å². The van der Waals surface area contributed by atoms with Crippen molar-refractivity contribution >= 4 is 0 Å². The SMILES string of the molecule is C1=C[N]C(N2CC=CC2)=C1. The molecule has 1 radical (unpaired) electrons. The van der Waals surface area contributed by atoms with Crippen LogP contribution in [-0.4, -0.2) is 18.0 Å². The first-order valence-electron chi connectivity index (χ1n) is 3.44. The third-order valence-corrected chi connectivity index (χ3v) is 1.68. The molecule has 2 heteroatoms. The molecule has 0 aromatic rings. The molecule has 0 aromatic carbocycles. The van der Waals surface area contributed by atoms with Gasteiger partial charge in [-0.25, -0.2) is 5.32 Å². The highest BCUT2D eigenvalue weighted by atomic mass is 15.2. The van der Waals surface area contributed by atoms with Gasteiger partial charge in [-0.05, 0) is 12.2 Å². The standard InChI is InChI=1S/C8H9N2/c1-2-7-10(6-1)8-4-3-5-9-8/h1-5H,6-7H2. The first-order valence-corrected chi connectivity index (χ1v) is 3.44. The Morgan fingerprint density at radius 2 is 2.10 bits per heavy atom. The number of hydrogen-bond donors (Lipinski definition) is 0. The second kappa shape index (κ2) is 2.21. The Morgan fingerprint density at radius 3 is 2.70 bits per heavy atom. The van der Waals surface area contributed by atoms with Crippen LogP contribution in [0.2, 0.25) is 0 Å². The minimum absolute atomic E-state index is 1.01. The summed E-state index contributed by atoms with van der Waals surface area (Å²) in [4.78, 5) is 2.22. The Kier molecular flexibility index (Phi) is 1.24. The summed E-state index contributed by atoms with van der Waals surface area (Å²) in [6.07, 6.45) is 10.2. The van der Waals surface area contributed by atoms with Gasteiger partial charge in [0.25, 0.3) is 0 Å². The van der Waals surface area contributed by atoms with Crippen molar-refractivity contribution in [2.45, 2.75) is 0 Å². The van der Waals surface area contributed by atoms with Gasteiger partial charge in [0, 0.05) is 19.3 Å². The van der Waals surface area contributed by atoms with Crippen molar-refractivity contribution in [3.63, 3.8) is 0 Å². The second-order valence-electron chi connectivity index (χ2n) is 2.37. The highest BCUT2D eigenvalue weighted by Gasteiger charge is 2.11. The van der Waals surface area contributed by atoms with Crippen molar-refractivity contribution in [2.75, 3.05) is 13.1 Å². The average Bonchev–Trinajstić information content (AvgIpc) is 2.59. The Hall–Kier alpha value is -1.18. The fourth-order valence-electron chi connectivity index (χ4n) is 1.14. The maximum atomic E-state index is 4.18. The van der Waals surface area contributed by atoms with E-state index in [1.54, 1.807) is 0 Å². The van der Waals surface area contributed by atoms with Gasteiger partial charge < -0.3 is 4.90 Å². The van der Waals surface area contributed by atoms with E-state index in [-0.39, 0.29) is 0 Å². The van der Waals surface area contributed by atoms with Gasteiger partial charge in [-0.1, -0.05) is 12.2 Å². The molecule has 0 atom stereocenters. The second-order valence-corrected chi connectivity index (χ2v) is 2.37. The molecule has 2 nitrogen and oxygen atoms in total. The molecule has 2 aliphatic rings. The molecule has 0 N–H and O–H groups in total. The Bertz CT molecular complexity index is 205. The molecular formula is C8H9N2. The zero-order chi connectivity index (χ0) is 6.81. The molecule has 0 saturated heterocycles. The van der Waals surface area contributed by atoms with E-state index in [4.69, 9.17) is 0 Å². The Morgan fingerprint density at radius 1 is 1.30 bits per heavy atom. The van der Waals surface area contributed by atoms with Crippen LogP contribution in [0.3, 0.4) is 0 Å². The van der Waals surface area contributed by atoms with Crippen molar-refractivity contribution in [1.29, 1.82) is 0 Å². The summed E-state index contributed by atoms with van der Waals surface area (Å²) in [6.45, 7) is 2.02. The molecule has 0 amide bonds. The topological polar surface area (TPSA) is 17.3 Å². The van der Waals surface area contributed by atoms with E-state index in [2.05, 4.69) is 22.4 Å². The monoisotopic (exact) mass is 133 g/mol. The van der Waals surface area contributed by atoms with Gasteiger partial charge in [0.2, 0.25) is 0 Å². The third kappa shape index (κ3) is 0.817. The zero-order valence-electron chi connectivity index (χ0n) is 5.70. The normalized spacial score (nSPS) is 21.6. The largest absolute Gasteiger partial charge is 0.349 e. The molecule has 0 spiro atoms. The van der Waals surface area contributed by atoms with Gasteiger partial charge in [-0.2, -0.15) is 0 Å². The van der Waals surface area contributed by atoms with E-state index < -0.39 is 0 Å². The molecule has 2 aliphatic heterocycles. The lowest BCUT2D eigenvalue weighted by Gasteiger charge is -2.16. The molecular weight excluding hydrogens is 124 g/mol. The van der Waals surface area contributed by atoms with Gasteiger partial charge in [-0.3, -0.25) is 0 Å². The molecule has 0 aliphatic carbocycles. The Labute approximate surface area is 60.5 Å². The minimum Gasteiger partial charge on any atom is -0.349 e. The summed E-state index contributed by atoms with van der Waals surface area (Å²) in [5.41, 5.74) is 0. The van der Waals surface area contributed by atoms with Crippen LogP contribution in [0.15, 0.2) is 36.3 Å². The van der Waals surface area contributed by atoms with E-state index in [0.717, 1.165) is 18.9 Å². The van der Waals surface area contributed by atoms with E-state index in [1.807, 2.05) is 18.4 Å². The number of nitrogens with zero attached hydrogens (tertiary/aromatic N) is 2. The fourth-order valence-corrected chi connectivity index (χ4v) is 1.14. The summed E-state index contributed by atoms with van der Waals surface area (Å²) in [5, 5.41) is 4.18. The summed E-state index contributed by atoms with van der Waals surface area (Å²) in [5.74, 6) is 1.09. The first-order chi connectivity index (χ1) is 4.97. The van der Waals surface area contributed by atoms with Gasteiger partial charge >= 0.3 is 0 Å². The predicted molar refractivity (Wildman–Crippen MR) is 40.1 cm³/mol. The van der Waals surface area contributed by atoms with E-state index in [0.29, 0.717) is 0 Å². The molecule has 51 valence electrons. The molecule has 0 fully saturated rings. The highest BCUT2D eigenvalue weighted by Crippen LogP contribution is 2.10. The maximum Gasteiger partial charge on any atom is 0.129 e. The summed E-state index contributed by atoms with van der Waals surface area (Å²) in [6, 6.07) is 0. The quantitative estimate of drug-likeness (QED) is 0.484. The van der Waals surface area contributed by atoms with Crippen LogP contribution in [0, 0.1) is 0 Å². The van der Waals surface area contributed by atoms with Crippen LogP contribution in [0.1, 0.15) is 0 Å². The average molecular weight is 133 g/mol. The van der Waals surface area contributed by atoms with Gasteiger partial charge in [0.1, 0.15) is 5.82 Å². The molecule has 0 aromatic heterocycles. The van der Waals surface area contributed by atoms with Crippen LogP contribution in [-0.2, 0) is 0 Å². The minimum atomic E-state index is 1.01. The van der Waals surface area contributed by atoms with Crippen LogP contribution in [0.5, 0.6) is 0 Å². The lowest BCUT2D eigenvalue weighted by Crippen LogP contribution is -2.22. The fraction of sp³-hybridized carbons (Fsp3) is 0.250. The molecule has 2 rings (SSSR count). The number of allylic oxidation sites excluding steroid dienone is 2. The van der Waals surface area contributed by atoms with E-state index in [1.165, 1.54) is 0 Å². The Balaban J connectivity index is 2.01. The zero-order valence-corrected chi connectivity index (χ0v) is 5.70. The van der Waals surface area contributed by atoms with E-state index >= 15 is 0 Å². The lowest BCUT2D eigenvalue weighted by molar-refractivity contribution is 0.421. The number of rotatable bonds is 1. The predicted octanol–water partition coefficient (Wildman–Crippen LogP) is 0.831. The van der Waals surface area contributed by atoms with Crippen molar-refractivity contribution in [1.82, 2.24) is 10.2 Å². The van der Waals surface area contributed by atoms with Crippen molar-refractivity contribution in [2.24, 2.45) is 0 Å². The van der Waals surface area contributed by atoms with Crippen LogP contribution in [0.4, 0.5) is 0 Å². The summed E-state index contributed by atoms with van der Waals surface area (Å²) < 4.78 is 0. The molecule has 0 bridgehead atoms. The van der Waals surface area contributed by atoms with Crippen molar-refractivity contribution in [3.05, 3.63) is 36.3 Å². The van der Waals surface area contributed by atoms with Crippen LogP contribution >= 0.6 is 0 Å². The maximum absolute atomic E-state index is 4.18. The van der Waals surface area contributed by atoms with E-state index in [9.17, 15) is 0 Å². The molecule has 2 heterocycles. The first kappa shape index (κ1) is 5.59. The highest BCUT2D eigenvalue weighted by molar-refractivity contribution is 5.21.